The average Bonchev–Trinajstić information content (AvgIpc) is 2.51. The predicted octanol–water partition coefficient (Wildman–Crippen LogP) is 2.40. The van der Waals surface area contributed by atoms with Gasteiger partial charge in [0.2, 0.25) is 0 Å². The summed E-state index contributed by atoms with van der Waals surface area (Å²) in [5.41, 5.74) is 8.80. The summed E-state index contributed by atoms with van der Waals surface area (Å²) >= 11 is 0. The minimum Gasteiger partial charge on any atom is -0.480 e. The number of nitrogens with one attached hydrogen (secondary N) is 1. The molecule has 0 saturated heterocycles. The summed E-state index contributed by atoms with van der Waals surface area (Å²) in [6.45, 7) is -0.530. The largest absolute Gasteiger partial charge is 0.480 e. The number of rotatable bonds is 8. The Labute approximate surface area is 125 Å². The number of carbonyl (C=O) groups is 2. The van der Waals surface area contributed by atoms with E-state index in [0.29, 0.717) is 0 Å². The number of amides is 1. The van der Waals surface area contributed by atoms with Crippen LogP contribution in [0.3, 0.4) is 0 Å². The van der Waals surface area contributed by atoms with Gasteiger partial charge in [-0.2, -0.15) is 0 Å². The second-order valence-electron chi connectivity index (χ2n) is 4.34. The zero-order valence-corrected chi connectivity index (χ0v) is 11.6. The third kappa shape index (κ3) is 6.58. The Hall–Kier alpha value is -2.80. The van der Waals surface area contributed by atoms with E-state index in [-0.39, 0.29) is 6.61 Å². The van der Waals surface area contributed by atoms with E-state index >= 15 is 0 Å². The minimum absolute atomic E-state index is 0.0310. The van der Waals surface area contributed by atoms with Crippen LogP contribution in [0.4, 0.5) is 9.18 Å². The van der Waals surface area contributed by atoms with Crippen LogP contribution in [-0.4, -0.2) is 35.9 Å². The first-order valence-electron chi connectivity index (χ1n) is 6.38. The molecule has 0 bridgehead atoms. The summed E-state index contributed by atoms with van der Waals surface area (Å²) in [5, 5.41) is 14.0. The zero-order chi connectivity index (χ0) is 16.4. The first-order valence-corrected chi connectivity index (χ1v) is 6.38. The van der Waals surface area contributed by atoms with Crippen LogP contribution < -0.4 is 5.32 Å². The van der Waals surface area contributed by atoms with Gasteiger partial charge in [0, 0.05) is 11.3 Å². The SMILES string of the molecule is [N-]=[N+]=NC[C@@H](F)C[C@H](NC(=O)OCc1ccccc1)C(=O)O. The topological polar surface area (TPSA) is 124 Å². The van der Waals surface area contributed by atoms with E-state index in [2.05, 4.69) is 15.3 Å². The minimum atomic E-state index is -1.67. The number of alkyl carbamates (subject to hydrolysis) is 1. The van der Waals surface area contributed by atoms with Crippen molar-refractivity contribution in [2.24, 2.45) is 5.11 Å². The quantitative estimate of drug-likeness (QED) is 0.434. The van der Waals surface area contributed by atoms with E-state index in [1.54, 1.807) is 30.3 Å². The molecule has 9 heteroatoms. The van der Waals surface area contributed by atoms with Gasteiger partial charge in [-0.15, -0.1) is 0 Å². The fourth-order valence-electron chi connectivity index (χ4n) is 1.58. The van der Waals surface area contributed by atoms with Crippen molar-refractivity contribution in [3.8, 4) is 0 Å². The van der Waals surface area contributed by atoms with Crippen molar-refractivity contribution < 1.29 is 23.8 Å². The highest BCUT2D eigenvalue weighted by Crippen LogP contribution is 2.06. The van der Waals surface area contributed by atoms with Crippen molar-refractivity contribution >= 4 is 12.1 Å². The van der Waals surface area contributed by atoms with Crippen LogP contribution in [0, 0.1) is 0 Å². The van der Waals surface area contributed by atoms with Gasteiger partial charge in [0.05, 0.1) is 6.54 Å². The molecule has 0 aliphatic carbocycles. The highest BCUT2D eigenvalue weighted by atomic mass is 19.1. The van der Waals surface area contributed by atoms with E-state index in [9.17, 15) is 14.0 Å². The highest BCUT2D eigenvalue weighted by molar-refractivity contribution is 5.79. The molecule has 0 saturated carbocycles. The Bertz CT molecular complexity index is 548. The maximum absolute atomic E-state index is 13.4. The lowest BCUT2D eigenvalue weighted by Gasteiger charge is -2.16. The Morgan fingerprint density at radius 3 is 2.68 bits per heavy atom. The van der Waals surface area contributed by atoms with E-state index < -0.39 is 37.2 Å². The van der Waals surface area contributed by atoms with Crippen LogP contribution in [0.2, 0.25) is 0 Å². The van der Waals surface area contributed by atoms with Gasteiger partial charge in [0.15, 0.2) is 0 Å². The van der Waals surface area contributed by atoms with Crippen LogP contribution in [0.25, 0.3) is 10.4 Å². The molecule has 2 N–H and O–H groups in total. The number of carbonyl (C=O) groups excluding carboxylic acids is 1. The van der Waals surface area contributed by atoms with Crippen molar-refractivity contribution in [2.75, 3.05) is 6.54 Å². The van der Waals surface area contributed by atoms with Gasteiger partial charge in [0.1, 0.15) is 18.8 Å². The number of halogens is 1. The van der Waals surface area contributed by atoms with E-state index in [4.69, 9.17) is 15.4 Å². The molecule has 0 aliphatic heterocycles. The molecule has 0 spiro atoms. The normalized spacial score (nSPS) is 12.6. The van der Waals surface area contributed by atoms with Crippen molar-refractivity contribution in [3.63, 3.8) is 0 Å². The molecule has 0 fully saturated rings. The molecule has 0 aliphatic rings. The third-order valence-electron chi connectivity index (χ3n) is 2.64. The standard InChI is InChI=1S/C13H15FN4O4/c14-10(7-16-18-15)6-11(12(19)20)17-13(21)22-8-9-4-2-1-3-5-9/h1-5,10-11H,6-8H2,(H,17,21)(H,19,20)/t10-,11-/m0/s1. The summed E-state index contributed by atoms with van der Waals surface area (Å²) in [7, 11) is 0. The number of benzene rings is 1. The molecule has 0 heterocycles. The maximum Gasteiger partial charge on any atom is 0.408 e. The Morgan fingerprint density at radius 1 is 1.41 bits per heavy atom. The summed E-state index contributed by atoms with van der Waals surface area (Å²) in [4.78, 5) is 24.9. The summed E-state index contributed by atoms with van der Waals surface area (Å²) in [6.07, 6.45) is -3.16. The molecule has 118 valence electrons. The second kappa shape index (κ2) is 9.19. The monoisotopic (exact) mass is 310 g/mol. The molecule has 22 heavy (non-hydrogen) atoms. The summed E-state index contributed by atoms with van der Waals surface area (Å²) in [6, 6.07) is 7.33. The van der Waals surface area contributed by atoms with Crippen LogP contribution in [0.1, 0.15) is 12.0 Å². The van der Waals surface area contributed by atoms with Crippen molar-refractivity contribution in [1.82, 2.24) is 5.32 Å². The lowest BCUT2D eigenvalue weighted by atomic mass is 10.1. The van der Waals surface area contributed by atoms with Crippen molar-refractivity contribution in [2.45, 2.75) is 25.2 Å². The van der Waals surface area contributed by atoms with E-state index in [1.807, 2.05) is 0 Å². The number of aliphatic carboxylic acids is 1. The zero-order valence-electron chi connectivity index (χ0n) is 11.6. The fourth-order valence-corrected chi connectivity index (χ4v) is 1.58. The van der Waals surface area contributed by atoms with Gasteiger partial charge >= 0.3 is 12.1 Å². The molecular formula is C13H15FN4O4. The molecular weight excluding hydrogens is 295 g/mol. The predicted molar refractivity (Wildman–Crippen MR) is 74.7 cm³/mol. The average molecular weight is 310 g/mol. The van der Waals surface area contributed by atoms with E-state index in [0.717, 1.165) is 5.56 Å². The van der Waals surface area contributed by atoms with Gasteiger partial charge in [-0.3, -0.25) is 0 Å². The number of carboxylic acids is 1. The molecule has 1 amide bonds. The summed E-state index contributed by atoms with van der Waals surface area (Å²) in [5.74, 6) is -1.40. The number of hydrogen-bond acceptors (Lipinski definition) is 4. The maximum atomic E-state index is 13.4. The summed E-state index contributed by atoms with van der Waals surface area (Å²) < 4.78 is 18.2. The first kappa shape index (κ1) is 17.3. The fraction of sp³-hybridized carbons (Fsp3) is 0.385. The van der Waals surface area contributed by atoms with Gasteiger partial charge in [-0.1, -0.05) is 35.4 Å². The lowest BCUT2D eigenvalue weighted by molar-refractivity contribution is -0.139. The molecule has 2 atom stereocenters. The Balaban J connectivity index is 2.46. The Kier molecular flexibility index (Phi) is 7.21. The van der Waals surface area contributed by atoms with E-state index in [1.165, 1.54) is 0 Å². The number of azide groups is 1. The van der Waals surface area contributed by atoms with Crippen LogP contribution in [0.15, 0.2) is 35.4 Å². The Morgan fingerprint density at radius 2 is 2.09 bits per heavy atom. The van der Waals surface area contributed by atoms with Gasteiger partial charge in [0.25, 0.3) is 0 Å². The van der Waals surface area contributed by atoms with Crippen LogP contribution in [-0.2, 0) is 16.1 Å². The van der Waals surface area contributed by atoms with Crippen LogP contribution >= 0.6 is 0 Å². The molecule has 1 aromatic rings. The highest BCUT2D eigenvalue weighted by Gasteiger charge is 2.24. The molecule has 1 aromatic carbocycles. The molecule has 0 radical (unpaired) electrons. The smallest absolute Gasteiger partial charge is 0.408 e. The number of nitrogens with zero attached hydrogens (tertiary/aromatic N) is 3. The number of alkyl halides is 1. The first-order chi connectivity index (χ1) is 10.5. The second-order valence-corrected chi connectivity index (χ2v) is 4.34. The number of ether oxygens (including phenoxy) is 1. The molecule has 0 unspecified atom stereocenters. The number of hydrogen-bond donors (Lipinski definition) is 2. The van der Waals surface area contributed by atoms with Gasteiger partial charge < -0.3 is 15.2 Å². The molecule has 8 nitrogen and oxygen atoms in total. The lowest BCUT2D eigenvalue weighted by Crippen LogP contribution is -2.43. The van der Waals surface area contributed by atoms with Crippen molar-refractivity contribution in [3.05, 3.63) is 46.3 Å². The molecule has 1 rings (SSSR count). The number of carboxylic acid groups (broad SMARTS) is 1. The van der Waals surface area contributed by atoms with Gasteiger partial charge in [-0.25, -0.2) is 14.0 Å². The molecule has 0 aromatic heterocycles. The van der Waals surface area contributed by atoms with Crippen LogP contribution in [0.5, 0.6) is 0 Å². The third-order valence-corrected chi connectivity index (χ3v) is 2.64. The van der Waals surface area contributed by atoms with Crippen molar-refractivity contribution in [1.29, 1.82) is 0 Å². The van der Waals surface area contributed by atoms with Gasteiger partial charge in [-0.05, 0) is 11.1 Å².